The van der Waals surface area contributed by atoms with E-state index in [-0.39, 0.29) is 11.9 Å². The molecular weight excluding hydrogens is 320 g/mol. The predicted octanol–water partition coefficient (Wildman–Crippen LogP) is 3.71. The summed E-state index contributed by atoms with van der Waals surface area (Å²) in [5.41, 5.74) is 0.587. The summed E-state index contributed by atoms with van der Waals surface area (Å²) in [6, 6.07) is 11.9. The molecule has 1 saturated heterocycles. The van der Waals surface area contributed by atoms with Crippen molar-refractivity contribution >= 4 is 17.2 Å². The van der Waals surface area contributed by atoms with E-state index in [1.54, 1.807) is 24.5 Å². The van der Waals surface area contributed by atoms with Crippen LogP contribution in [0, 0.1) is 0 Å². The molecule has 3 rings (SSSR count). The molecular formula is C19H24N2O2S. The first kappa shape index (κ1) is 17.0. The molecule has 1 aliphatic heterocycles. The van der Waals surface area contributed by atoms with E-state index in [0.717, 1.165) is 13.1 Å². The molecule has 1 N–H and O–H groups in total. The number of ether oxygens (including phenoxy) is 1. The first-order chi connectivity index (χ1) is 11.8. The van der Waals surface area contributed by atoms with Gasteiger partial charge in [-0.05, 0) is 49.5 Å². The minimum Gasteiger partial charge on any atom is -0.496 e. The van der Waals surface area contributed by atoms with Crippen LogP contribution in [-0.4, -0.2) is 37.6 Å². The first-order valence-electron chi connectivity index (χ1n) is 8.48. The van der Waals surface area contributed by atoms with Gasteiger partial charge in [0.1, 0.15) is 5.75 Å². The van der Waals surface area contributed by atoms with Gasteiger partial charge in [-0.1, -0.05) is 24.6 Å². The average Bonchev–Trinajstić information content (AvgIpc) is 3.17. The monoisotopic (exact) mass is 344 g/mol. The summed E-state index contributed by atoms with van der Waals surface area (Å²) >= 11 is 1.76. The zero-order chi connectivity index (χ0) is 16.8. The molecule has 0 aliphatic carbocycles. The van der Waals surface area contributed by atoms with Gasteiger partial charge in [-0.3, -0.25) is 9.69 Å². The standard InChI is InChI=1S/C19H24N2O2S/c1-23-17-9-4-3-8-15(17)19(22)20-14-16(18-10-7-13-24-18)21-11-5-2-6-12-21/h3-4,7-10,13,16H,2,5-6,11-12,14H2,1H3,(H,20,22). The summed E-state index contributed by atoms with van der Waals surface area (Å²) in [4.78, 5) is 16.4. The quantitative estimate of drug-likeness (QED) is 0.868. The van der Waals surface area contributed by atoms with Gasteiger partial charge in [0.25, 0.3) is 5.91 Å². The molecule has 5 heteroatoms. The van der Waals surface area contributed by atoms with Crippen LogP contribution in [0.25, 0.3) is 0 Å². The number of hydrogen-bond donors (Lipinski definition) is 1. The number of likely N-dealkylation sites (tertiary alicyclic amines) is 1. The van der Waals surface area contributed by atoms with Crippen LogP contribution in [0.2, 0.25) is 0 Å². The molecule has 1 aromatic heterocycles. The van der Waals surface area contributed by atoms with E-state index < -0.39 is 0 Å². The van der Waals surface area contributed by atoms with Gasteiger partial charge in [-0.2, -0.15) is 0 Å². The summed E-state index contributed by atoms with van der Waals surface area (Å²) in [7, 11) is 1.59. The predicted molar refractivity (Wildman–Crippen MR) is 97.8 cm³/mol. The molecule has 0 saturated carbocycles. The Labute approximate surface area is 147 Å². The van der Waals surface area contributed by atoms with E-state index in [1.165, 1.54) is 24.1 Å². The minimum atomic E-state index is -0.0778. The van der Waals surface area contributed by atoms with Crippen LogP contribution in [0.15, 0.2) is 41.8 Å². The number of piperidine rings is 1. The molecule has 1 amide bonds. The third-order valence-corrected chi connectivity index (χ3v) is 5.48. The van der Waals surface area contributed by atoms with Gasteiger partial charge in [0, 0.05) is 11.4 Å². The lowest BCUT2D eigenvalue weighted by molar-refractivity contribution is 0.0922. The number of nitrogens with one attached hydrogen (secondary N) is 1. The van der Waals surface area contributed by atoms with Gasteiger partial charge in [-0.25, -0.2) is 0 Å². The lowest BCUT2D eigenvalue weighted by Crippen LogP contribution is -2.40. The van der Waals surface area contributed by atoms with Gasteiger partial charge in [0.05, 0.1) is 18.7 Å². The molecule has 2 heterocycles. The molecule has 24 heavy (non-hydrogen) atoms. The van der Waals surface area contributed by atoms with Crippen LogP contribution in [0.3, 0.4) is 0 Å². The second-order valence-electron chi connectivity index (χ2n) is 6.04. The van der Waals surface area contributed by atoms with E-state index in [2.05, 4.69) is 27.7 Å². The Morgan fingerprint density at radius 1 is 1.21 bits per heavy atom. The van der Waals surface area contributed by atoms with Crippen LogP contribution >= 0.6 is 11.3 Å². The Bertz CT molecular complexity index is 651. The van der Waals surface area contributed by atoms with E-state index in [0.29, 0.717) is 17.9 Å². The fraction of sp³-hybridized carbons (Fsp3) is 0.421. The summed E-state index contributed by atoms with van der Waals surface area (Å²) in [5, 5.41) is 5.21. The Kier molecular flexibility index (Phi) is 5.88. The van der Waals surface area contributed by atoms with Gasteiger partial charge in [-0.15, -0.1) is 11.3 Å². The van der Waals surface area contributed by atoms with Crippen LogP contribution in [-0.2, 0) is 0 Å². The normalized spacial score (nSPS) is 16.5. The minimum absolute atomic E-state index is 0.0778. The van der Waals surface area contributed by atoms with Gasteiger partial charge >= 0.3 is 0 Å². The van der Waals surface area contributed by atoms with Crippen molar-refractivity contribution in [2.45, 2.75) is 25.3 Å². The summed E-state index contributed by atoms with van der Waals surface area (Å²) in [6.07, 6.45) is 3.78. The lowest BCUT2D eigenvalue weighted by atomic mass is 10.1. The van der Waals surface area contributed by atoms with Crippen molar-refractivity contribution in [3.63, 3.8) is 0 Å². The molecule has 0 radical (unpaired) electrons. The molecule has 0 spiro atoms. The third-order valence-electron chi connectivity index (χ3n) is 4.51. The molecule has 1 fully saturated rings. The van der Waals surface area contributed by atoms with Crippen molar-refractivity contribution in [3.05, 3.63) is 52.2 Å². The summed E-state index contributed by atoms with van der Waals surface area (Å²) < 4.78 is 5.29. The number of carbonyl (C=O) groups is 1. The molecule has 0 bridgehead atoms. The fourth-order valence-electron chi connectivity index (χ4n) is 3.24. The van der Waals surface area contributed by atoms with Gasteiger partial charge in [0.15, 0.2) is 0 Å². The van der Waals surface area contributed by atoms with Crippen LogP contribution in [0.1, 0.15) is 40.5 Å². The number of amides is 1. The second kappa shape index (κ2) is 8.31. The highest BCUT2D eigenvalue weighted by atomic mass is 32.1. The maximum atomic E-state index is 12.6. The summed E-state index contributed by atoms with van der Waals surface area (Å²) in [6.45, 7) is 2.83. The topological polar surface area (TPSA) is 41.6 Å². The van der Waals surface area contributed by atoms with Crippen molar-refractivity contribution in [2.75, 3.05) is 26.7 Å². The number of para-hydroxylation sites is 1. The number of methoxy groups -OCH3 is 1. The van der Waals surface area contributed by atoms with E-state index in [4.69, 9.17) is 4.74 Å². The van der Waals surface area contributed by atoms with E-state index in [9.17, 15) is 4.79 Å². The zero-order valence-corrected chi connectivity index (χ0v) is 14.8. The third kappa shape index (κ3) is 3.97. The maximum Gasteiger partial charge on any atom is 0.255 e. The molecule has 128 valence electrons. The smallest absolute Gasteiger partial charge is 0.255 e. The second-order valence-corrected chi connectivity index (χ2v) is 7.02. The van der Waals surface area contributed by atoms with Crippen LogP contribution < -0.4 is 10.1 Å². The van der Waals surface area contributed by atoms with Gasteiger partial charge in [0.2, 0.25) is 0 Å². The molecule has 1 aliphatic rings. The molecule has 1 atom stereocenters. The Hall–Kier alpha value is -1.85. The number of thiophene rings is 1. The SMILES string of the molecule is COc1ccccc1C(=O)NCC(c1cccs1)N1CCCCC1. The Morgan fingerprint density at radius 2 is 2.00 bits per heavy atom. The molecule has 4 nitrogen and oxygen atoms in total. The number of rotatable bonds is 6. The molecule has 1 aromatic carbocycles. The molecule has 2 aromatic rings. The van der Waals surface area contributed by atoms with Crippen molar-refractivity contribution in [3.8, 4) is 5.75 Å². The van der Waals surface area contributed by atoms with Crippen molar-refractivity contribution in [2.24, 2.45) is 0 Å². The number of carbonyl (C=O) groups excluding carboxylic acids is 1. The highest BCUT2D eigenvalue weighted by molar-refractivity contribution is 7.10. The van der Waals surface area contributed by atoms with Gasteiger partial charge < -0.3 is 10.1 Å². The van der Waals surface area contributed by atoms with Crippen LogP contribution in [0.4, 0.5) is 0 Å². The summed E-state index contributed by atoms with van der Waals surface area (Å²) in [5.74, 6) is 0.534. The van der Waals surface area contributed by atoms with E-state index >= 15 is 0 Å². The van der Waals surface area contributed by atoms with Crippen molar-refractivity contribution in [1.82, 2.24) is 10.2 Å². The Balaban J connectivity index is 1.70. The van der Waals surface area contributed by atoms with Crippen molar-refractivity contribution in [1.29, 1.82) is 0 Å². The average molecular weight is 344 g/mol. The number of nitrogens with zero attached hydrogens (tertiary/aromatic N) is 1. The van der Waals surface area contributed by atoms with Crippen LogP contribution in [0.5, 0.6) is 5.75 Å². The highest BCUT2D eigenvalue weighted by Crippen LogP contribution is 2.27. The highest BCUT2D eigenvalue weighted by Gasteiger charge is 2.24. The number of benzene rings is 1. The Morgan fingerprint density at radius 3 is 2.71 bits per heavy atom. The fourth-order valence-corrected chi connectivity index (χ4v) is 4.10. The maximum absolute atomic E-state index is 12.6. The first-order valence-corrected chi connectivity index (χ1v) is 9.36. The zero-order valence-electron chi connectivity index (χ0n) is 14.0. The number of hydrogen-bond acceptors (Lipinski definition) is 4. The van der Waals surface area contributed by atoms with E-state index in [1.807, 2.05) is 18.2 Å². The lowest BCUT2D eigenvalue weighted by Gasteiger charge is -2.34. The van der Waals surface area contributed by atoms with Crippen molar-refractivity contribution < 1.29 is 9.53 Å². The largest absolute Gasteiger partial charge is 0.496 e. The molecule has 1 unspecified atom stereocenters.